The fraction of sp³-hybridized carbons (Fsp3) is 0.200. The lowest BCUT2D eigenvalue weighted by Crippen LogP contribution is -2.33. The van der Waals surface area contributed by atoms with Crippen molar-refractivity contribution in [1.29, 1.82) is 0 Å². The Labute approximate surface area is 154 Å². The van der Waals surface area contributed by atoms with Crippen molar-refractivity contribution in [3.8, 4) is 0 Å². The van der Waals surface area contributed by atoms with Gasteiger partial charge in [-0.15, -0.1) is 0 Å². The van der Waals surface area contributed by atoms with E-state index < -0.39 is 12.0 Å². The van der Waals surface area contributed by atoms with Crippen molar-refractivity contribution in [2.45, 2.75) is 13.0 Å². The van der Waals surface area contributed by atoms with Crippen LogP contribution >= 0.6 is 0 Å². The molecule has 0 radical (unpaired) electrons. The van der Waals surface area contributed by atoms with Crippen LogP contribution in [0.15, 0.2) is 53.8 Å². The predicted octanol–water partition coefficient (Wildman–Crippen LogP) is 2.17. The van der Waals surface area contributed by atoms with E-state index in [1.165, 1.54) is 4.90 Å². The van der Waals surface area contributed by atoms with Gasteiger partial charge in [-0.05, 0) is 29.8 Å². The van der Waals surface area contributed by atoms with E-state index in [2.05, 4.69) is 10.3 Å². The van der Waals surface area contributed by atoms with Crippen LogP contribution in [0.5, 0.6) is 0 Å². The quantitative estimate of drug-likeness (QED) is 0.657. The summed E-state index contributed by atoms with van der Waals surface area (Å²) < 4.78 is 1.70. The van der Waals surface area contributed by atoms with Crippen LogP contribution in [0.25, 0.3) is 10.8 Å². The number of hydrogen-bond donors (Lipinski definition) is 0. The molecule has 5 rings (SSSR count). The highest BCUT2D eigenvalue weighted by atomic mass is 16.6. The predicted molar refractivity (Wildman–Crippen MR) is 99.3 cm³/mol. The second-order valence-corrected chi connectivity index (χ2v) is 6.79. The summed E-state index contributed by atoms with van der Waals surface area (Å²) in [7, 11) is 1.82. The summed E-state index contributed by atoms with van der Waals surface area (Å²) in [4.78, 5) is 32.6. The Morgan fingerprint density at radius 3 is 2.56 bits per heavy atom. The standard InChI is InChI=1S/C20H16N4O3/c1-11-15(10-21-23(11)2)17-16-18(27-22-17)20(26)24(19(16)25)14-8-7-12-5-3-4-6-13(12)9-14/h3-10,16,18H,1-2H3/t16-,18+/m0/s1. The number of imide groups is 1. The van der Waals surface area contributed by atoms with Crippen molar-refractivity contribution in [3.05, 3.63) is 59.9 Å². The van der Waals surface area contributed by atoms with Gasteiger partial charge in [0.2, 0.25) is 12.0 Å². The van der Waals surface area contributed by atoms with E-state index in [4.69, 9.17) is 4.84 Å². The zero-order valence-electron chi connectivity index (χ0n) is 14.8. The maximum absolute atomic E-state index is 13.2. The number of hydrogen-bond acceptors (Lipinski definition) is 5. The zero-order chi connectivity index (χ0) is 18.7. The molecule has 3 aromatic rings. The Balaban J connectivity index is 1.55. The summed E-state index contributed by atoms with van der Waals surface area (Å²) in [6.07, 6.45) is 0.731. The number of amides is 2. The molecule has 1 saturated heterocycles. The van der Waals surface area contributed by atoms with Gasteiger partial charge >= 0.3 is 0 Å². The lowest BCUT2D eigenvalue weighted by Gasteiger charge is -2.16. The summed E-state index contributed by atoms with van der Waals surface area (Å²) in [5, 5.41) is 10.2. The highest BCUT2D eigenvalue weighted by Gasteiger charge is 2.56. The molecule has 2 aliphatic heterocycles. The number of aryl methyl sites for hydroxylation is 1. The summed E-state index contributed by atoms with van der Waals surface area (Å²) in [5.41, 5.74) is 2.60. The Hall–Kier alpha value is -3.48. The topological polar surface area (TPSA) is 76.8 Å². The van der Waals surface area contributed by atoms with E-state index in [-0.39, 0.29) is 11.8 Å². The Kier molecular flexibility index (Phi) is 3.21. The molecule has 1 aromatic heterocycles. The molecule has 2 aliphatic rings. The Bertz CT molecular complexity index is 1150. The van der Waals surface area contributed by atoms with Crippen LogP contribution < -0.4 is 4.90 Å². The fourth-order valence-corrected chi connectivity index (χ4v) is 3.72. The molecule has 2 amide bonds. The second-order valence-electron chi connectivity index (χ2n) is 6.79. The van der Waals surface area contributed by atoms with Crippen molar-refractivity contribution < 1.29 is 14.4 Å². The third-order valence-corrected chi connectivity index (χ3v) is 5.31. The first-order valence-electron chi connectivity index (χ1n) is 8.65. The van der Waals surface area contributed by atoms with Crippen molar-refractivity contribution >= 4 is 34.0 Å². The first-order valence-corrected chi connectivity index (χ1v) is 8.65. The minimum absolute atomic E-state index is 0.320. The average Bonchev–Trinajstić information content (AvgIpc) is 3.32. The molecule has 7 nitrogen and oxygen atoms in total. The fourth-order valence-electron chi connectivity index (χ4n) is 3.72. The number of rotatable bonds is 2. The van der Waals surface area contributed by atoms with Gasteiger partial charge in [0.25, 0.3) is 5.91 Å². The van der Waals surface area contributed by atoms with Gasteiger partial charge in [-0.2, -0.15) is 5.10 Å². The number of anilines is 1. The van der Waals surface area contributed by atoms with Gasteiger partial charge in [-0.25, -0.2) is 4.90 Å². The van der Waals surface area contributed by atoms with Crippen LogP contribution in [0.4, 0.5) is 5.69 Å². The molecule has 2 aromatic carbocycles. The van der Waals surface area contributed by atoms with Crippen molar-refractivity contribution in [3.63, 3.8) is 0 Å². The summed E-state index contributed by atoms with van der Waals surface area (Å²) in [6, 6.07) is 13.3. The van der Waals surface area contributed by atoms with Gasteiger partial charge in [0, 0.05) is 18.3 Å². The maximum atomic E-state index is 13.2. The van der Waals surface area contributed by atoms with Gasteiger partial charge in [0.15, 0.2) is 0 Å². The maximum Gasteiger partial charge on any atom is 0.278 e. The summed E-state index contributed by atoms with van der Waals surface area (Å²) in [5.74, 6) is -1.45. The molecule has 0 aliphatic carbocycles. The normalized spacial score (nSPS) is 21.6. The van der Waals surface area contributed by atoms with Crippen LogP contribution in [0.1, 0.15) is 11.3 Å². The summed E-state index contributed by atoms with van der Waals surface area (Å²) >= 11 is 0. The SMILES string of the molecule is Cc1c(C2=NO[C@H]3C(=O)N(c4ccc5ccccc5c4)C(=O)[C@@H]23)cnn1C. The third kappa shape index (κ3) is 2.14. The van der Waals surface area contributed by atoms with Crippen LogP contribution in [-0.2, 0) is 21.5 Å². The molecule has 0 N–H and O–H groups in total. The molecule has 1 fully saturated rings. The van der Waals surface area contributed by atoms with Crippen LogP contribution in [-0.4, -0.2) is 33.4 Å². The first-order chi connectivity index (χ1) is 13.1. The van der Waals surface area contributed by atoms with Crippen molar-refractivity contribution in [2.75, 3.05) is 4.90 Å². The number of carbonyl (C=O) groups excluding carboxylic acids is 2. The smallest absolute Gasteiger partial charge is 0.278 e. The molecule has 27 heavy (non-hydrogen) atoms. The van der Waals surface area contributed by atoms with Gasteiger partial charge in [-0.1, -0.05) is 35.5 Å². The molecular weight excluding hydrogens is 344 g/mol. The molecule has 134 valence electrons. The van der Waals surface area contributed by atoms with Crippen LogP contribution in [0.3, 0.4) is 0 Å². The summed E-state index contributed by atoms with van der Waals surface area (Å²) in [6.45, 7) is 1.89. The molecule has 2 atom stereocenters. The monoisotopic (exact) mass is 360 g/mol. The lowest BCUT2D eigenvalue weighted by molar-refractivity contribution is -0.126. The number of carbonyl (C=O) groups is 2. The average molecular weight is 360 g/mol. The van der Waals surface area contributed by atoms with E-state index in [9.17, 15) is 9.59 Å². The van der Waals surface area contributed by atoms with Crippen LogP contribution in [0, 0.1) is 12.8 Å². The van der Waals surface area contributed by atoms with Gasteiger partial charge in [0.1, 0.15) is 11.6 Å². The van der Waals surface area contributed by atoms with Crippen LogP contribution in [0.2, 0.25) is 0 Å². The Morgan fingerprint density at radius 2 is 1.81 bits per heavy atom. The van der Waals surface area contributed by atoms with Gasteiger partial charge < -0.3 is 4.84 Å². The molecular formula is C20H16N4O3. The van der Waals surface area contributed by atoms with Gasteiger partial charge in [0.05, 0.1) is 11.9 Å². The van der Waals surface area contributed by atoms with E-state index in [1.807, 2.05) is 50.4 Å². The number of nitrogens with zero attached hydrogens (tertiary/aromatic N) is 4. The van der Waals surface area contributed by atoms with E-state index in [0.717, 1.165) is 22.0 Å². The molecule has 3 heterocycles. The number of fused-ring (bicyclic) bond motifs is 2. The third-order valence-electron chi connectivity index (χ3n) is 5.31. The minimum atomic E-state index is -0.918. The highest BCUT2D eigenvalue weighted by Crippen LogP contribution is 2.36. The van der Waals surface area contributed by atoms with Crippen molar-refractivity contribution in [2.24, 2.45) is 18.1 Å². The number of benzene rings is 2. The minimum Gasteiger partial charge on any atom is -0.381 e. The van der Waals surface area contributed by atoms with Crippen molar-refractivity contribution in [1.82, 2.24) is 9.78 Å². The van der Waals surface area contributed by atoms with E-state index in [0.29, 0.717) is 11.4 Å². The number of oxime groups is 1. The largest absolute Gasteiger partial charge is 0.381 e. The zero-order valence-corrected chi connectivity index (χ0v) is 14.8. The lowest BCUT2D eigenvalue weighted by atomic mass is 9.94. The second kappa shape index (κ2) is 5.51. The molecule has 0 spiro atoms. The molecule has 0 bridgehead atoms. The first kappa shape index (κ1) is 15.7. The molecule has 0 saturated carbocycles. The van der Waals surface area contributed by atoms with Gasteiger partial charge in [-0.3, -0.25) is 14.3 Å². The molecule has 7 heteroatoms. The highest BCUT2D eigenvalue weighted by molar-refractivity contribution is 6.32. The Morgan fingerprint density at radius 1 is 1.04 bits per heavy atom. The molecule has 0 unspecified atom stereocenters. The number of aromatic nitrogens is 2. The van der Waals surface area contributed by atoms with E-state index >= 15 is 0 Å². The van der Waals surface area contributed by atoms with E-state index in [1.54, 1.807) is 16.9 Å².